The summed E-state index contributed by atoms with van der Waals surface area (Å²) in [5.41, 5.74) is 0.641. The van der Waals surface area contributed by atoms with Gasteiger partial charge in [0.2, 0.25) is 11.0 Å². The molecule has 1 N–H and O–H groups in total. The number of ether oxygens (including phenoxy) is 1. The van der Waals surface area contributed by atoms with Crippen molar-refractivity contribution in [1.82, 2.24) is 9.36 Å². The molecule has 112 valence electrons. The number of halogens is 3. The van der Waals surface area contributed by atoms with E-state index in [-0.39, 0.29) is 5.13 Å². The fourth-order valence-electron chi connectivity index (χ4n) is 1.50. The Morgan fingerprint density at radius 3 is 2.86 bits per heavy atom. The number of methoxy groups -OCH3 is 1. The molecule has 1 aromatic heterocycles. The smallest absolute Gasteiger partial charge is 0.397 e. The predicted molar refractivity (Wildman–Crippen MR) is 71.2 cm³/mol. The van der Waals surface area contributed by atoms with Crippen molar-refractivity contribution in [3.05, 3.63) is 24.3 Å². The van der Waals surface area contributed by atoms with Crippen LogP contribution >= 0.6 is 11.5 Å². The van der Waals surface area contributed by atoms with Crippen molar-refractivity contribution in [2.75, 3.05) is 12.4 Å². The van der Waals surface area contributed by atoms with Crippen LogP contribution in [-0.2, 0) is 4.79 Å². The maximum absolute atomic E-state index is 12.1. The van der Waals surface area contributed by atoms with Gasteiger partial charge >= 0.3 is 6.18 Å². The molecule has 1 amide bonds. The number of nitrogens with one attached hydrogen (secondary N) is 1. The predicted octanol–water partition coefficient (Wildman–Crippen LogP) is 3.10. The molecule has 0 aliphatic carbocycles. The van der Waals surface area contributed by atoms with Crippen molar-refractivity contribution in [2.45, 2.75) is 12.6 Å². The molecule has 0 saturated heterocycles. The molecule has 0 fully saturated rings. The number of carbonyl (C=O) groups is 1. The van der Waals surface area contributed by atoms with Gasteiger partial charge in [0.25, 0.3) is 0 Å². The SMILES string of the molecule is COc1cccc(-c2nsc(NC(=O)CC(F)(F)F)n2)c1. The highest BCUT2D eigenvalue weighted by molar-refractivity contribution is 7.10. The van der Waals surface area contributed by atoms with E-state index in [9.17, 15) is 18.0 Å². The third-order valence-electron chi connectivity index (χ3n) is 2.36. The van der Waals surface area contributed by atoms with Crippen LogP contribution in [0.5, 0.6) is 5.75 Å². The van der Waals surface area contributed by atoms with Crippen LogP contribution in [-0.4, -0.2) is 28.6 Å². The molecule has 2 aromatic rings. The van der Waals surface area contributed by atoms with Crippen molar-refractivity contribution >= 4 is 22.6 Å². The Hall–Kier alpha value is -2.16. The lowest BCUT2D eigenvalue weighted by molar-refractivity contribution is -0.150. The molecule has 1 heterocycles. The van der Waals surface area contributed by atoms with E-state index in [2.05, 4.69) is 14.7 Å². The number of carbonyl (C=O) groups excluding carboxylic acids is 1. The van der Waals surface area contributed by atoms with E-state index in [0.717, 1.165) is 11.5 Å². The highest BCUT2D eigenvalue weighted by atomic mass is 32.1. The minimum Gasteiger partial charge on any atom is -0.497 e. The molecule has 0 aliphatic heterocycles. The Labute approximate surface area is 121 Å². The van der Waals surface area contributed by atoms with Crippen LogP contribution in [0.1, 0.15) is 6.42 Å². The molecule has 0 unspecified atom stereocenters. The van der Waals surface area contributed by atoms with Crippen LogP contribution in [0.3, 0.4) is 0 Å². The molecular formula is C12H10F3N3O2S. The number of hydrogen-bond acceptors (Lipinski definition) is 5. The van der Waals surface area contributed by atoms with Gasteiger partial charge in [-0.15, -0.1) is 0 Å². The molecule has 0 spiro atoms. The summed E-state index contributed by atoms with van der Waals surface area (Å²) >= 11 is 0.811. The molecule has 0 bridgehead atoms. The second kappa shape index (κ2) is 6.08. The molecule has 0 aliphatic rings. The van der Waals surface area contributed by atoms with Crippen molar-refractivity contribution in [3.63, 3.8) is 0 Å². The lowest BCUT2D eigenvalue weighted by Crippen LogP contribution is -2.21. The standard InChI is InChI=1S/C12H10F3N3O2S/c1-20-8-4-2-3-7(5-8)10-17-11(21-18-10)16-9(19)6-12(13,14)15/h2-5H,6H2,1H3,(H,16,17,18,19). The summed E-state index contributed by atoms with van der Waals surface area (Å²) in [6.07, 6.45) is -6.11. The number of rotatable bonds is 4. The summed E-state index contributed by atoms with van der Waals surface area (Å²) in [5, 5.41) is 2.09. The van der Waals surface area contributed by atoms with E-state index < -0.39 is 18.5 Å². The van der Waals surface area contributed by atoms with Crippen molar-refractivity contribution in [3.8, 4) is 17.1 Å². The van der Waals surface area contributed by atoms with Crippen LogP contribution in [0.4, 0.5) is 18.3 Å². The van der Waals surface area contributed by atoms with E-state index in [4.69, 9.17) is 4.74 Å². The van der Waals surface area contributed by atoms with Crippen LogP contribution < -0.4 is 10.1 Å². The quantitative estimate of drug-likeness (QED) is 0.941. The summed E-state index contributed by atoms with van der Waals surface area (Å²) in [6.45, 7) is 0. The summed E-state index contributed by atoms with van der Waals surface area (Å²) in [7, 11) is 1.51. The Bertz CT molecular complexity index is 643. The van der Waals surface area contributed by atoms with E-state index in [0.29, 0.717) is 17.1 Å². The topological polar surface area (TPSA) is 64.1 Å². The van der Waals surface area contributed by atoms with Gasteiger partial charge in [0.15, 0.2) is 5.82 Å². The fourth-order valence-corrected chi connectivity index (χ4v) is 2.11. The van der Waals surface area contributed by atoms with E-state index in [1.54, 1.807) is 24.3 Å². The van der Waals surface area contributed by atoms with Crippen molar-refractivity contribution < 1.29 is 22.7 Å². The molecule has 0 atom stereocenters. The van der Waals surface area contributed by atoms with Crippen molar-refractivity contribution in [2.24, 2.45) is 0 Å². The van der Waals surface area contributed by atoms with E-state index in [1.807, 2.05) is 0 Å². The highest BCUT2D eigenvalue weighted by Crippen LogP contribution is 2.25. The number of alkyl halides is 3. The molecule has 0 radical (unpaired) electrons. The van der Waals surface area contributed by atoms with E-state index >= 15 is 0 Å². The van der Waals surface area contributed by atoms with Gasteiger partial charge < -0.3 is 10.1 Å². The largest absolute Gasteiger partial charge is 0.497 e. The van der Waals surface area contributed by atoms with Gasteiger partial charge in [0.1, 0.15) is 12.2 Å². The van der Waals surface area contributed by atoms with Crippen molar-refractivity contribution in [1.29, 1.82) is 0 Å². The van der Waals surface area contributed by atoms with Crippen LogP contribution in [0, 0.1) is 0 Å². The fraction of sp³-hybridized carbons (Fsp3) is 0.250. The van der Waals surface area contributed by atoms with Crippen LogP contribution in [0.15, 0.2) is 24.3 Å². The Morgan fingerprint density at radius 2 is 2.19 bits per heavy atom. The van der Waals surface area contributed by atoms with Gasteiger partial charge in [0, 0.05) is 17.1 Å². The zero-order valence-electron chi connectivity index (χ0n) is 10.8. The second-order valence-corrected chi connectivity index (χ2v) is 4.75. The molecule has 1 aromatic carbocycles. The lowest BCUT2D eigenvalue weighted by Gasteiger charge is -2.04. The third-order valence-corrected chi connectivity index (χ3v) is 2.99. The lowest BCUT2D eigenvalue weighted by atomic mass is 10.2. The molecule has 0 saturated carbocycles. The maximum Gasteiger partial charge on any atom is 0.397 e. The third kappa shape index (κ3) is 4.42. The average Bonchev–Trinajstić information content (AvgIpc) is 2.85. The Balaban J connectivity index is 2.09. The summed E-state index contributed by atoms with van der Waals surface area (Å²) in [4.78, 5) is 15.1. The normalized spacial score (nSPS) is 11.2. The first-order chi connectivity index (χ1) is 9.87. The highest BCUT2D eigenvalue weighted by Gasteiger charge is 2.31. The Kier molecular flexibility index (Phi) is 4.41. The first-order valence-corrected chi connectivity index (χ1v) is 6.49. The van der Waals surface area contributed by atoms with Gasteiger partial charge in [-0.25, -0.2) is 0 Å². The summed E-state index contributed by atoms with van der Waals surface area (Å²) in [5.74, 6) is -0.262. The van der Waals surface area contributed by atoms with Crippen LogP contribution in [0.25, 0.3) is 11.4 Å². The number of aromatic nitrogens is 2. The number of amides is 1. The average molecular weight is 317 g/mol. The number of anilines is 1. The first kappa shape index (κ1) is 15.2. The van der Waals surface area contributed by atoms with E-state index in [1.165, 1.54) is 7.11 Å². The molecule has 5 nitrogen and oxygen atoms in total. The number of nitrogens with zero attached hydrogens (tertiary/aromatic N) is 2. The van der Waals surface area contributed by atoms with Gasteiger partial charge in [-0.1, -0.05) is 12.1 Å². The second-order valence-electron chi connectivity index (χ2n) is 4.00. The molecule has 9 heteroatoms. The molecule has 2 rings (SSSR count). The zero-order valence-corrected chi connectivity index (χ0v) is 11.6. The number of hydrogen-bond donors (Lipinski definition) is 1. The molecular weight excluding hydrogens is 307 g/mol. The first-order valence-electron chi connectivity index (χ1n) is 5.72. The maximum atomic E-state index is 12.1. The zero-order chi connectivity index (χ0) is 15.5. The van der Waals surface area contributed by atoms with Crippen LogP contribution in [0.2, 0.25) is 0 Å². The molecule has 21 heavy (non-hydrogen) atoms. The summed E-state index contributed by atoms with van der Waals surface area (Å²) in [6, 6.07) is 6.88. The van der Waals surface area contributed by atoms with Gasteiger partial charge in [-0.05, 0) is 12.1 Å². The van der Waals surface area contributed by atoms with Gasteiger partial charge in [-0.2, -0.15) is 22.5 Å². The number of benzene rings is 1. The Morgan fingerprint density at radius 1 is 1.43 bits per heavy atom. The van der Waals surface area contributed by atoms with Gasteiger partial charge in [-0.3, -0.25) is 4.79 Å². The minimum absolute atomic E-state index is 0.0158. The summed E-state index contributed by atoms with van der Waals surface area (Å²) < 4.78 is 45.2. The monoisotopic (exact) mass is 317 g/mol. The van der Waals surface area contributed by atoms with Gasteiger partial charge in [0.05, 0.1) is 7.11 Å². The minimum atomic E-state index is -4.55.